The van der Waals surface area contributed by atoms with Gasteiger partial charge in [0.1, 0.15) is 0 Å². The minimum atomic E-state index is -0.894. The van der Waals surface area contributed by atoms with Crippen molar-refractivity contribution in [2.45, 2.75) is 62.9 Å². The number of nitrogens with zero attached hydrogens (tertiary/aromatic N) is 2. The van der Waals surface area contributed by atoms with E-state index in [-0.39, 0.29) is 23.4 Å². The van der Waals surface area contributed by atoms with Crippen molar-refractivity contribution < 1.29 is 14.7 Å². The van der Waals surface area contributed by atoms with Gasteiger partial charge in [0.15, 0.2) is 0 Å². The quantitative estimate of drug-likeness (QED) is 0.347. The molecule has 2 fully saturated rings. The Morgan fingerprint density at radius 3 is 2.32 bits per heavy atom. The molecule has 2 aliphatic rings. The Morgan fingerprint density at radius 1 is 1.03 bits per heavy atom. The highest BCUT2D eigenvalue weighted by Crippen LogP contribution is 2.40. The fourth-order valence-corrected chi connectivity index (χ4v) is 5.77. The SMILES string of the molecule is CN(C(=O)O)C1CCC(CC(=O)Nc2cnc(-c3ccc(C4(N)CCC4)cc3)c(-c3ccccc3)c2)CC1. The molecule has 4 N–H and O–H groups in total. The highest BCUT2D eigenvalue weighted by molar-refractivity contribution is 5.93. The molecule has 1 heterocycles. The Hall–Kier alpha value is -3.71. The molecule has 0 atom stereocenters. The zero-order chi connectivity index (χ0) is 26.7. The first kappa shape index (κ1) is 25.9. The highest BCUT2D eigenvalue weighted by Gasteiger charge is 2.34. The lowest BCUT2D eigenvalue weighted by atomic mass is 9.72. The van der Waals surface area contributed by atoms with Crippen molar-refractivity contribution in [2.75, 3.05) is 12.4 Å². The van der Waals surface area contributed by atoms with Crippen molar-refractivity contribution in [3.63, 3.8) is 0 Å². The van der Waals surface area contributed by atoms with Crippen LogP contribution in [0.15, 0.2) is 66.9 Å². The molecule has 0 bridgehead atoms. The van der Waals surface area contributed by atoms with Crippen LogP contribution in [0, 0.1) is 5.92 Å². The molecule has 1 aromatic heterocycles. The van der Waals surface area contributed by atoms with E-state index in [1.807, 2.05) is 24.3 Å². The van der Waals surface area contributed by atoms with E-state index in [4.69, 9.17) is 10.7 Å². The molecule has 7 heteroatoms. The second-order valence-corrected chi connectivity index (χ2v) is 10.9. The van der Waals surface area contributed by atoms with Crippen molar-refractivity contribution in [2.24, 2.45) is 11.7 Å². The normalized spacial score (nSPS) is 20.3. The maximum Gasteiger partial charge on any atom is 0.407 e. The van der Waals surface area contributed by atoms with Crippen molar-refractivity contribution in [3.8, 4) is 22.4 Å². The third-order valence-electron chi connectivity index (χ3n) is 8.38. The van der Waals surface area contributed by atoms with Gasteiger partial charge in [0.05, 0.1) is 17.6 Å². The third kappa shape index (κ3) is 5.58. The second-order valence-electron chi connectivity index (χ2n) is 10.9. The van der Waals surface area contributed by atoms with E-state index >= 15 is 0 Å². The lowest BCUT2D eigenvalue weighted by molar-refractivity contribution is -0.117. The van der Waals surface area contributed by atoms with E-state index < -0.39 is 6.09 Å². The first-order valence-corrected chi connectivity index (χ1v) is 13.5. The zero-order valence-corrected chi connectivity index (χ0v) is 21.9. The number of nitrogens with one attached hydrogen (secondary N) is 1. The summed E-state index contributed by atoms with van der Waals surface area (Å²) in [5.74, 6) is 0.223. The summed E-state index contributed by atoms with van der Waals surface area (Å²) in [7, 11) is 1.62. The summed E-state index contributed by atoms with van der Waals surface area (Å²) in [6.45, 7) is 0. The Kier molecular flexibility index (Phi) is 7.47. The number of anilines is 1. The fraction of sp³-hybridized carbons (Fsp3) is 0.387. The molecule has 0 radical (unpaired) electrons. The predicted molar refractivity (Wildman–Crippen MR) is 150 cm³/mol. The van der Waals surface area contributed by atoms with Gasteiger partial charge in [0.25, 0.3) is 0 Å². The Labute approximate surface area is 224 Å². The minimum Gasteiger partial charge on any atom is -0.465 e. The molecule has 0 unspecified atom stereocenters. The molecule has 0 spiro atoms. The number of pyridine rings is 1. The monoisotopic (exact) mass is 512 g/mol. The average Bonchev–Trinajstić information content (AvgIpc) is 2.92. The summed E-state index contributed by atoms with van der Waals surface area (Å²) < 4.78 is 0. The number of aromatic nitrogens is 1. The van der Waals surface area contributed by atoms with E-state index in [1.165, 1.54) is 16.9 Å². The standard InChI is InChI=1S/C31H36N4O3/c1-35(30(37)38)26-14-8-21(9-15-26)18-28(36)34-25-19-27(22-6-3-2-4-7-22)29(33-20-25)23-10-12-24(13-11-23)31(32)16-5-17-31/h2-4,6-7,10-13,19-21,26H,5,8-9,14-18,32H2,1H3,(H,34,36)(H,37,38). The number of carboxylic acid groups (broad SMARTS) is 1. The van der Waals surface area contributed by atoms with Gasteiger partial charge in [-0.15, -0.1) is 0 Å². The molecule has 2 aromatic carbocycles. The summed E-state index contributed by atoms with van der Waals surface area (Å²) in [4.78, 5) is 30.3. The largest absolute Gasteiger partial charge is 0.465 e. The van der Waals surface area contributed by atoms with Crippen molar-refractivity contribution in [1.82, 2.24) is 9.88 Å². The van der Waals surface area contributed by atoms with Gasteiger partial charge in [-0.2, -0.15) is 0 Å². The summed E-state index contributed by atoms with van der Waals surface area (Å²) in [6.07, 6.45) is 7.76. The third-order valence-corrected chi connectivity index (χ3v) is 8.38. The number of hydrogen-bond acceptors (Lipinski definition) is 4. The molecule has 5 rings (SSSR count). The maximum absolute atomic E-state index is 12.9. The van der Waals surface area contributed by atoms with Crippen LogP contribution in [-0.2, 0) is 10.3 Å². The van der Waals surface area contributed by atoms with Crippen LogP contribution < -0.4 is 11.1 Å². The smallest absolute Gasteiger partial charge is 0.407 e. The van der Waals surface area contributed by atoms with Gasteiger partial charge in [0.2, 0.25) is 5.91 Å². The van der Waals surface area contributed by atoms with E-state index in [0.29, 0.717) is 12.1 Å². The Bertz CT molecular complexity index is 1280. The molecule has 2 amide bonds. The molecule has 2 aliphatic carbocycles. The Morgan fingerprint density at radius 2 is 1.71 bits per heavy atom. The molecule has 0 aliphatic heterocycles. The van der Waals surface area contributed by atoms with E-state index in [9.17, 15) is 14.7 Å². The van der Waals surface area contributed by atoms with Gasteiger partial charge in [-0.3, -0.25) is 9.78 Å². The van der Waals surface area contributed by atoms with Gasteiger partial charge in [0, 0.05) is 36.2 Å². The minimum absolute atomic E-state index is 0.0355. The van der Waals surface area contributed by atoms with Gasteiger partial charge < -0.3 is 21.1 Å². The maximum atomic E-state index is 12.9. The fourth-order valence-electron chi connectivity index (χ4n) is 5.77. The average molecular weight is 513 g/mol. The number of carbonyl (C=O) groups excluding carboxylic acids is 1. The number of rotatable bonds is 7. The molecule has 7 nitrogen and oxygen atoms in total. The first-order chi connectivity index (χ1) is 18.3. The number of benzene rings is 2. The van der Waals surface area contributed by atoms with E-state index in [2.05, 4.69) is 41.7 Å². The molecule has 2 saturated carbocycles. The van der Waals surface area contributed by atoms with Crippen LogP contribution in [0.1, 0.15) is 56.9 Å². The first-order valence-electron chi connectivity index (χ1n) is 13.5. The highest BCUT2D eigenvalue weighted by atomic mass is 16.4. The Balaban J connectivity index is 1.30. The van der Waals surface area contributed by atoms with Gasteiger partial charge in [-0.1, -0.05) is 54.6 Å². The summed E-state index contributed by atoms with van der Waals surface area (Å²) >= 11 is 0. The number of nitrogens with two attached hydrogens (primary N) is 1. The van der Waals surface area contributed by atoms with E-state index in [0.717, 1.165) is 60.9 Å². The van der Waals surface area contributed by atoms with Gasteiger partial charge in [-0.25, -0.2) is 4.79 Å². The number of carbonyl (C=O) groups is 2. The van der Waals surface area contributed by atoms with Crippen molar-refractivity contribution >= 4 is 17.7 Å². The second kappa shape index (κ2) is 11.0. The van der Waals surface area contributed by atoms with Gasteiger partial charge in [-0.05, 0) is 68.1 Å². The van der Waals surface area contributed by atoms with Crippen LogP contribution in [0.5, 0.6) is 0 Å². The van der Waals surface area contributed by atoms with Crippen LogP contribution in [0.3, 0.4) is 0 Å². The summed E-state index contributed by atoms with van der Waals surface area (Å²) in [5, 5.41) is 12.3. The summed E-state index contributed by atoms with van der Waals surface area (Å²) in [6, 6.07) is 20.5. The molecule has 38 heavy (non-hydrogen) atoms. The zero-order valence-electron chi connectivity index (χ0n) is 21.9. The number of hydrogen-bond donors (Lipinski definition) is 3. The molecular weight excluding hydrogens is 476 g/mol. The molecule has 0 saturated heterocycles. The lowest BCUT2D eigenvalue weighted by Crippen LogP contribution is -2.43. The van der Waals surface area contributed by atoms with Crippen LogP contribution >= 0.6 is 0 Å². The molecule has 198 valence electrons. The van der Waals surface area contributed by atoms with Crippen LogP contribution in [0.25, 0.3) is 22.4 Å². The van der Waals surface area contributed by atoms with Crippen molar-refractivity contribution in [3.05, 3.63) is 72.4 Å². The van der Waals surface area contributed by atoms with Crippen molar-refractivity contribution in [1.29, 1.82) is 0 Å². The molecule has 3 aromatic rings. The van der Waals surface area contributed by atoms with Gasteiger partial charge >= 0.3 is 6.09 Å². The predicted octanol–water partition coefficient (Wildman–Crippen LogP) is 6.25. The topological polar surface area (TPSA) is 109 Å². The number of amides is 2. The summed E-state index contributed by atoms with van der Waals surface area (Å²) in [5.41, 5.74) is 12.0. The van der Waals surface area contributed by atoms with E-state index in [1.54, 1.807) is 13.2 Å². The van der Waals surface area contributed by atoms with Crippen LogP contribution in [0.2, 0.25) is 0 Å². The lowest BCUT2D eigenvalue weighted by Gasteiger charge is -2.38. The van der Waals surface area contributed by atoms with Crippen LogP contribution in [-0.4, -0.2) is 40.1 Å². The molecular formula is C31H36N4O3. The van der Waals surface area contributed by atoms with Crippen LogP contribution in [0.4, 0.5) is 10.5 Å².